The Morgan fingerprint density at radius 1 is 0.672 bits per heavy atom. The maximum atomic E-state index is 13.9. The Hall–Kier alpha value is -5.66. The number of benzene rings is 2. The van der Waals surface area contributed by atoms with Crippen LogP contribution in [0, 0.1) is 23.7 Å². The van der Waals surface area contributed by atoms with E-state index in [2.05, 4.69) is 76.1 Å². The lowest BCUT2D eigenvalue weighted by Gasteiger charge is -2.37. The Bertz CT molecular complexity index is 2110. The molecule has 2 saturated heterocycles. The third-order valence-electron chi connectivity index (χ3n) is 12.6. The second-order valence-electron chi connectivity index (χ2n) is 16.9. The molecule has 4 heterocycles. The van der Waals surface area contributed by atoms with E-state index in [1.54, 1.807) is 0 Å². The Labute approximate surface area is 339 Å². The van der Waals surface area contributed by atoms with Crippen molar-refractivity contribution >= 4 is 24.0 Å². The van der Waals surface area contributed by atoms with Gasteiger partial charge in [0.15, 0.2) is 0 Å². The van der Waals surface area contributed by atoms with Crippen molar-refractivity contribution in [1.82, 2.24) is 40.4 Å². The van der Waals surface area contributed by atoms with Gasteiger partial charge in [-0.1, -0.05) is 83.1 Å². The molecule has 8 atom stereocenters. The van der Waals surface area contributed by atoms with E-state index in [0.29, 0.717) is 5.92 Å². The van der Waals surface area contributed by atoms with Crippen molar-refractivity contribution in [2.75, 3.05) is 14.2 Å². The Morgan fingerprint density at radius 3 is 1.64 bits per heavy atom. The zero-order valence-electron chi connectivity index (χ0n) is 34.6. The first kappa shape index (κ1) is 40.5. The molecule has 4 N–H and O–H groups in total. The lowest BCUT2D eigenvalue weighted by molar-refractivity contribution is -0.139. The van der Waals surface area contributed by atoms with Crippen LogP contribution in [-0.4, -0.2) is 92.1 Å². The van der Waals surface area contributed by atoms with Gasteiger partial charge < -0.3 is 39.9 Å². The largest absolute Gasteiger partial charge is 0.453 e. The first-order chi connectivity index (χ1) is 27.8. The molecule has 3 aliphatic rings. The number of nitrogens with one attached hydrogen (secondary N) is 4. The molecule has 2 aliphatic heterocycles. The average Bonchev–Trinajstić information content (AvgIpc) is 4.08. The van der Waals surface area contributed by atoms with Gasteiger partial charge in [-0.15, -0.1) is 0 Å². The predicted molar refractivity (Wildman–Crippen MR) is 219 cm³/mol. The highest BCUT2D eigenvalue weighted by atomic mass is 16.5. The maximum absolute atomic E-state index is 13.9. The molecular weight excluding hydrogens is 737 g/mol. The normalized spacial score (nSPS) is 23.6. The standard InChI is InChI=1S/C44H56N8O6/c1-23(2)36(49-43(55)57-7)41(53)51-26(6)25(5)19-35(51)39-45-21-33(47-39)29-13-9-27(10-14-29)28-11-15-30(16-12-28)34-22-46-40(48-34)38-31-17-18-32(20-31)52(38)42(54)37(24(3)4)50-44(56)58-8/h9-16,21-26,31-32,35-38H,17-20H2,1-8H3,(H,45,47)(H,46,48)(H,49,55)(H,50,56)/t25-,26-,31+,32-,35+,36+,37+,38+/m1/s1. The van der Waals surface area contributed by atoms with E-state index in [1.807, 2.05) is 56.8 Å². The highest BCUT2D eigenvalue weighted by molar-refractivity contribution is 5.87. The summed E-state index contributed by atoms with van der Waals surface area (Å²) in [5.41, 5.74) is 5.82. The maximum Gasteiger partial charge on any atom is 0.407 e. The SMILES string of the molecule is COC(=O)N[C@H](C(=O)N1[C@@H]2CC[C@@H](C2)[C@H]1c1ncc(-c2ccc(-c3ccc(-c4cnc([C@@H]5C[C@@H](C)[C@@H](C)N5C(=O)[C@@H](NC(=O)OC)C(C)C)[nH]4)cc3)cc2)[nH]1)C(C)C. The highest BCUT2D eigenvalue weighted by Crippen LogP contribution is 2.50. The van der Waals surface area contributed by atoms with E-state index >= 15 is 0 Å². The van der Waals surface area contributed by atoms with E-state index in [4.69, 9.17) is 19.4 Å². The quantitative estimate of drug-likeness (QED) is 0.123. The van der Waals surface area contributed by atoms with Crippen LogP contribution in [0.2, 0.25) is 0 Å². The van der Waals surface area contributed by atoms with Crippen LogP contribution in [0.4, 0.5) is 9.59 Å². The number of hydrogen-bond acceptors (Lipinski definition) is 8. The molecular formula is C44H56N8O6. The Kier molecular flexibility index (Phi) is 11.7. The lowest BCUT2D eigenvalue weighted by Crippen LogP contribution is -2.54. The fourth-order valence-electron chi connectivity index (χ4n) is 9.17. The topological polar surface area (TPSA) is 175 Å². The van der Waals surface area contributed by atoms with Gasteiger partial charge >= 0.3 is 12.2 Å². The predicted octanol–water partition coefficient (Wildman–Crippen LogP) is 7.25. The number of alkyl carbamates (subject to hydrolysis) is 2. The molecule has 1 aliphatic carbocycles. The minimum atomic E-state index is -0.715. The molecule has 7 rings (SSSR count). The van der Waals surface area contributed by atoms with Crippen LogP contribution in [0.3, 0.4) is 0 Å². The zero-order chi connectivity index (χ0) is 41.4. The van der Waals surface area contributed by atoms with Crippen molar-refractivity contribution in [3.63, 3.8) is 0 Å². The van der Waals surface area contributed by atoms with E-state index in [-0.39, 0.29) is 53.7 Å². The average molecular weight is 793 g/mol. The summed E-state index contributed by atoms with van der Waals surface area (Å²) in [5.74, 6) is 1.58. The smallest absolute Gasteiger partial charge is 0.407 e. The van der Waals surface area contributed by atoms with Gasteiger partial charge in [0, 0.05) is 12.1 Å². The number of aromatic nitrogens is 4. The molecule has 2 aromatic carbocycles. The molecule has 14 heteroatoms. The summed E-state index contributed by atoms with van der Waals surface area (Å²) in [5, 5.41) is 5.49. The van der Waals surface area contributed by atoms with Crippen molar-refractivity contribution in [3.8, 4) is 33.6 Å². The van der Waals surface area contributed by atoms with Crippen molar-refractivity contribution < 1.29 is 28.7 Å². The Balaban J connectivity index is 1.04. The van der Waals surface area contributed by atoms with Gasteiger partial charge in [0.2, 0.25) is 11.8 Å². The van der Waals surface area contributed by atoms with Crippen LogP contribution in [-0.2, 0) is 19.1 Å². The third-order valence-corrected chi connectivity index (χ3v) is 12.6. The molecule has 0 spiro atoms. The second-order valence-corrected chi connectivity index (χ2v) is 16.9. The van der Waals surface area contributed by atoms with Crippen molar-refractivity contribution in [3.05, 3.63) is 72.6 Å². The van der Waals surface area contributed by atoms with Crippen LogP contribution in [0.25, 0.3) is 33.6 Å². The molecule has 3 fully saturated rings. The van der Waals surface area contributed by atoms with Gasteiger partial charge in [0.25, 0.3) is 0 Å². The summed E-state index contributed by atoms with van der Waals surface area (Å²) < 4.78 is 9.62. The lowest BCUT2D eigenvalue weighted by atomic mass is 9.95. The zero-order valence-corrected chi connectivity index (χ0v) is 34.6. The fraction of sp³-hybridized carbons (Fsp3) is 0.500. The van der Waals surface area contributed by atoms with Gasteiger partial charge in [-0.3, -0.25) is 9.59 Å². The number of methoxy groups -OCH3 is 2. The summed E-state index contributed by atoms with van der Waals surface area (Å²) in [6.45, 7) is 11.9. The number of amides is 4. The molecule has 2 aromatic heterocycles. The van der Waals surface area contributed by atoms with Gasteiger partial charge in [-0.2, -0.15) is 0 Å². The van der Waals surface area contributed by atoms with Gasteiger partial charge in [-0.25, -0.2) is 19.6 Å². The Morgan fingerprint density at radius 2 is 1.14 bits per heavy atom. The van der Waals surface area contributed by atoms with E-state index in [9.17, 15) is 19.2 Å². The number of imidazole rings is 2. The van der Waals surface area contributed by atoms with Crippen molar-refractivity contribution in [2.24, 2.45) is 23.7 Å². The number of hydrogen-bond donors (Lipinski definition) is 4. The molecule has 2 bridgehead atoms. The summed E-state index contributed by atoms with van der Waals surface area (Å²) >= 11 is 0. The molecule has 4 aromatic rings. The first-order valence-corrected chi connectivity index (χ1v) is 20.4. The number of fused-ring (bicyclic) bond motifs is 2. The summed E-state index contributed by atoms with van der Waals surface area (Å²) in [6.07, 6.45) is 6.09. The molecule has 308 valence electrons. The van der Waals surface area contributed by atoms with Crippen LogP contribution >= 0.6 is 0 Å². The van der Waals surface area contributed by atoms with Crippen LogP contribution in [0.1, 0.15) is 91.0 Å². The van der Waals surface area contributed by atoms with Crippen LogP contribution in [0.5, 0.6) is 0 Å². The monoisotopic (exact) mass is 792 g/mol. The van der Waals surface area contributed by atoms with Gasteiger partial charge in [0.1, 0.15) is 23.7 Å². The number of carbonyl (C=O) groups excluding carboxylic acids is 4. The summed E-state index contributed by atoms with van der Waals surface area (Å²) in [4.78, 5) is 72.4. The number of aromatic amines is 2. The van der Waals surface area contributed by atoms with Crippen LogP contribution < -0.4 is 10.6 Å². The molecule has 4 amide bonds. The van der Waals surface area contributed by atoms with E-state index in [1.165, 1.54) is 14.2 Å². The second kappa shape index (κ2) is 16.7. The minimum absolute atomic E-state index is 0.0306. The van der Waals surface area contributed by atoms with E-state index < -0.39 is 24.3 Å². The summed E-state index contributed by atoms with van der Waals surface area (Å²) in [6, 6.07) is 14.9. The molecule has 14 nitrogen and oxygen atoms in total. The summed E-state index contributed by atoms with van der Waals surface area (Å²) in [7, 11) is 2.60. The molecule has 1 saturated carbocycles. The number of nitrogens with zero attached hydrogens (tertiary/aromatic N) is 4. The number of H-pyrrole nitrogens is 2. The van der Waals surface area contributed by atoms with Gasteiger partial charge in [0.05, 0.1) is 50.1 Å². The number of ether oxygens (including phenoxy) is 2. The molecule has 58 heavy (non-hydrogen) atoms. The van der Waals surface area contributed by atoms with Crippen molar-refractivity contribution in [2.45, 2.75) is 103 Å². The number of piperidine rings is 1. The van der Waals surface area contributed by atoms with Gasteiger partial charge in [-0.05, 0) is 78.5 Å². The van der Waals surface area contributed by atoms with E-state index in [0.717, 1.165) is 71.0 Å². The number of carbonyl (C=O) groups is 4. The number of likely N-dealkylation sites (tertiary alicyclic amines) is 2. The molecule has 0 radical (unpaired) electrons. The number of rotatable bonds is 11. The molecule has 0 unspecified atom stereocenters. The minimum Gasteiger partial charge on any atom is -0.453 e. The fourth-order valence-corrected chi connectivity index (χ4v) is 9.17. The highest BCUT2D eigenvalue weighted by Gasteiger charge is 2.51. The third kappa shape index (κ3) is 7.80. The van der Waals surface area contributed by atoms with Crippen LogP contribution in [0.15, 0.2) is 60.9 Å². The van der Waals surface area contributed by atoms with Crippen molar-refractivity contribution in [1.29, 1.82) is 0 Å². The first-order valence-electron chi connectivity index (χ1n) is 20.4.